The Kier molecular flexibility index (Phi) is 6.30. The number of hydrazone groups is 1. The number of nitrogens with zero attached hydrogens (tertiary/aromatic N) is 1. The largest absolute Gasteiger partial charge is 0.329 e. The number of benzene rings is 2. The summed E-state index contributed by atoms with van der Waals surface area (Å²) in [5.41, 5.74) is 2.48. The van der Waals surface area contributed by atoms with Gasteiger partial charge >= 0.3 is 11.8 Å². The molecule has 2 N–H and O–H groups in total. The molecule has 0 spiro atoms. The van der Waals surface area contributed by atoms with E-state index >= 15 is 0 Å². The highest BCUT2D eigenvalue weighted by molar-refractivity contribution is 9.10. The lowest BCUT2D eigenvalue weighted by Crippen LogP contribution is -2.32. The van der Waals surface area contributed by atoms with Crippen molar-refractivity contribution in [3.05, 3.63) is 62.3 Å². The molecule has 5 nitrogen and oxygen atoms in total. The van der Waals surface area contributed by atoms with Gasteiger partial charge < -0.3 is 5.32 Å². The van der Waals surface area contributed by atoms with E-state index in [-0.39, 0.29) is 5.69 Å². The monoisotopic (exact) mass is 431 g/mol. The highest BCUT2D eigenvalue weighted by Crippen LogP contribution is 2.22. The Morgan fingerprint density at radius 1 is 1.08 bits per heavy atom. The SMILES string of the molecule is O=C(N/N=C/c1ccc(Cl)c(Cl)c1)C(=O)Nc1ccc(Br)cc1F. The molecular weight excluding hydrogens is 424 g/mol. The molecule has 9 heteroatoms. The number of anilines is 1. The number of carbonyl (C=O) groups excluding carboxylic acids is 2. The Morgan fingerprint density at radius 2 is 1.83 bits per heavy atom. The first kappa shape index (κ1) is 18.4. The van der Waals surface area contributed by atoms with Crippen LogP contribution in [0.2, 0.25) is 10.0 Å². The van der Waals surface area contributed by atoms with Gasteiger partial charge in [0.1, 0.15) is 5.82 Å². The van der Waals surface area contributed by atoms with Gasteiger partial charge in [-0.2, -0.15) is 5.10 Å². The summed E-state index contributed by atoms with van der Waals surface area (Å²) in [6.45, 7) is 0. The van der Waals surface area contributed by atoms with Crippen LogP contribution < -0.4 is 10.7 Å². The van der Waals surface area contributed by atoms with Gasteiger partial charge in [0.15, 0.2) is 0 Å². The fourth-order valence-corrected chi connectivity index (χ4v) is 2.22. The number of hydrogen-bond acceptors (Lipinski definition) is 3. The zero-order valence-corrected chi connectivity index (χ0v) is 14.9. The number of hydrogen-bond donors (Lipinski definition) is 2. The van der Waals surface area contributed by atoms with Crippen molar-refractivity contribution in [3.63, 3.8) is 0 Å². The summed E-state index contributed by atoms with van der Waals surface area (Å²) in [4.78, 5) is 23.3. The number of halogens is 4. The molecule has 24 heavy (non-hydrogen) atoms. The van der Waals surface area contributed by atoms with Crippen molar-refractivity contribution in [1.29, 1.82) is 0 Å². The van der Waals surface area contributed by atoms with Gasteiger partial charge in [0.05, 0.1) is 21.9 Å². The smallest absolute Gasteiger partial charge is 0.315 e. The van der Waals surface area contributed by atoms with E-state index in [2.05, 4.69) is 26.3 Å². The summed E-state index contributed by atoms with van der Waals surface area (Å²) in [6, 6.07) is 8.74. The number of rotatable bonds is 3. The molecule has 0 bridgehead atoms. The van der Waals surface area contributed by atoms with Crippen LogP contribution in [-0.4, -0.2) is 18.0 Å². The van der Waals surface area contributed by atoms with Crippen molar-refractivity contribution >= 4 is 62.8 Å². The summed E-state index contributed by atoms with van der Waals surface area (Å²) in [5.74, 6) is -2.78. The molecule has 2 aromatic carbocycles. The van der Waals surface area contributed by atoms with Gasteiger partial charge in [-0.1, -0.05) is 45.2 Å². The minimum absolute atomic E-state index is 0.119. The Morgan fingerprint density at radius 3 is 2.50 bits per heavy atom. The highest BCUT2D eigenvalue weighted by atomic mass is 79.9. The van der Waals surface area contributed by atoms with Crippen LogP contribution in [-0.2, 0) is 9.59 Å². The Hall–Kier alpha value is -1.96. The first-order valence-electron chi connectivity index (χ1n) is 6.41. The lowest BCUT2D eigenvalue weighted by molar-refractivity contribution is -0.136. The number of amides is 2. The number of carbonyl (C=O) groups is 2. The summed E-state index contributed by atoms with van der Waals surface area (Å²) in [6.07, 6.45) is 1.29. The summed E-state index contributed by atoms with van der Waals surface area (Å²) >= 11 is 14.7. The molecule has 2 aromatic rings. The molecule has 124 valence electrons. The Bertz CT molecular complexity index is 830. The van der Waals surface area contributed by atoms with Crippen LogP contribution in [0.15, 0.2) is 46.0 Å². The van der Waals surface area contributed by atoms with Gasteiger partial charge in [-0.25, -0.2) is 9.82 Å². The van der Waals surface area contributed by atoms with Gasteiger partial charge in [-0.05, 0) is 35.9 Å². The maximum absolute atomic E-state index is 13.6. The molecular formula is C15H9BrCl2FN3O2. The van der Waals surface area contributed by atoms with E-state index in [1.54, 1.807) is 12.1 Å². The lowest BCUT2D eigenvalue weighted by atomic mass is 10.2. The minimum Gasteiger partial charge on any atom is -0.315 e. The van der Waals surface area contributed by atoms with Crippen molar-refractivity contribution in [3.8, 4) is 0 Å². The van der Waals surface area contributed by atoms with Crippen molar-refractivity contribution < 1.29 is 14.0 Å². The molecule has 2 rings (SSSR count). The molecule has 0 aromatic heterocycles. The lowest BCUT2D eigenvalue weighted by Gasteiger charge is -2.05. The average Bonchev–Trinajstić information content (AvgIpc) is 2.53. The second-order valence-electron chi connectivity index (χ2n) is 4.45. The molecule has 0 saturated carbocycles. The van der Waals surface area contributed by atoms with Crippen molar-refractivity contribution in [2.24, 2.45) is 5.10 Å². The van der Waals surface area contributed by atoms with Crippen LogP contribution in [0.1, 0.15) is 5.56 Å². The van der Waals surface area contributed by atoms with Gasteiger partial charge in [-0.15, -0.1) is 0 Å². The molecule has 0 aliphatic carbocycles. The van der Waals surface area contributed by atoms with Gasteiger partial charge in [-0.3, -0.25) is 9.59 Å². The molecule has 0 heterocycles. The first-order chi connectivity index (χ1) is 11.4. The average molecular weight is 433 g/mol. The molecule has 0 aliphatic rings. The molecule has 0 fully saturated rings. The predicted octanol–water partition coefficient (Wildman–Crippen LogP) is 3.98. The fourth-order valence-electron chi connectivity index (χ4n) is 1.58. The normalized spacial score (nSPS) is 10.7. The van der Waals surface area contributed by atoms with Crippen LogP contribution in [0, 0.1) is 5.82 Å². The molecule has 0 unspecified atom stereocenters. The van der Waals surface area contributed by atoms with Crippen LogP contribution in [0.25, 0.3) is 0 Å². The van der Waals surface area contributed by atoms with Crippen LogP contribution in [0.4, 0.5) is 10.1 Å². The van der Waals surface area contributed by atoms with E-state index < -0.39 is 17.6 Å². The summed E-state index contributed by atoms with van der Waals surface area (Å²) < 4.78 is 14.1. The van der Waals surface area contributed by atoms with E-state index in [1.807, 2.05) is 5.43 Å². The van der Waals surface area contributed by atoms with E-state index in [4.69, 9.17) is 23.2 Å². The number of nitrogens with one attached hydrogen (secondary N) is 2. The van der Waals surface area contributed by atoms with Gasteiger partial charge in [0.25, 0.3) is 0 Å². The second-order valence-corrected chi connectivity index (χ2v) is 6.18. The molecule has 0 saturated heterocycles. The van der Waals surface area contributed by atoms with E-state index in [0.717, 1.165) is 6.07 Å². The van der Waals surface area contributed by atoms with Crippen LogP contribution in [0.3, 0.4) is 0 Å². The molecule has 0 aliphatic heterocycles. The van der Waals surface area contributed by atoms with Crippen molar-refractivity contribution in [2.45, 2.75) is 0 Å². The van der Waals surface area contributed by atoms with Gasteiger partial charge in [0.2, 0.25) is 0 Å². The second kappa shape index (κ2) is 8.23. The fraction of sp³-hybridized carbons (Fsp3) is 0. The maximum Gasteiger partial charge on any atom is 0.329 e. The first-order valence-corrected chi connectivity index (χ1v) is 7.96. The highest BCUT2D eigenvalue weighted by Gasteiger charge is 2.15. The summed E-state index contributed by atoms with van der Waals surface area (Å²) in [7, 11) is 0. The topological polar surface area (TPSA) is 70.6 Å². The van der Waals surface area contributed by atoms with E-state index in [0.29, 0.717) is 20.1 Å². The molecule has 2 amide bonds. The van der Waals surface area contributed by atoms with Gasteiger partial charge in [0, 0.05) is 4.47 Å². The van der Waals surface area contributed by atoms with Crippen LogP contribution >= 0.6 is 39.1 Å². The maximum atomic E-state index is 13.6. The summed E-state index contributed by atoms with van der Waals surface area (Å²) in [5, 5.41) is 6.48. The van der Waals surface area contributed by atoms with Crippen LogP contribution in [0.5, 0.6) is 0 Å². The Labute approximate surface area is 155 Å². The standard InChI is InChI=1S/C15H9BrCl2FN3O2/c16-9-2-4-13(12(19)6-9)21-14(23)15(24)22-20-7-8-1-3-10(17)11(18)5-8/h1-7H,(H,21,23)(H,22,24)/b20-7+. The third-order valence-electron chi connectivity index (χ3n) is 2.71. The predicted molar refractivity (Wildman–Crippen MR) is 94.9 cm³/mol. The van der Waals surface area contributed by atoms with E-state index in [1.165, 1.54) is 24.4 Å². The zero-order chi connectivity index (χ0) is 17.7. The third-order valence-corrected chi connectivity index (χ3v) is 3.94. The van der Waals surface area contributed by atoms with Crippen molar-refractivity contribution in [1.82, 2.24) is 5.43 Å². The van der Waals surface area contributed by atoms with E-state index in [9.17, 15) is 14.0 Å². The third kappa shape index (κ3) is 5.02. The van der Waals surface area contributed by atoms with Crippen molar-refractivity contribution in [2.75, 3.05) is 5.32 Å². The zero-order valence-electron chi connectivity index (χ0n) is 11.8. The Balaban J connectivity index is 1.95. The quantitative estimate of drug-likeness (QED) is 0.437. The molecule has 0 radical (unpaired) electrons. The molecule has 0 atom stereocenters. The minimum atomic E-state index is -1.05.